The Hall–Kier alpha value is -3.08. The van der Waals surface area contributed by atoms with Gasteiger partial charge >= 0.3 is 6.18 Å². The number of aromatic nitrogens is 4. The Morgan fingerprint density at radius 1 is 1.13 bits per heavy atom. The van der Waals surface area contributed by atoms with Crippen molar-refractivity contribution in [2.75, 3.05) is 23.3 Å². The van der Waals surface area contributed by atoms with Gasteiger partial charge in [-0.3, -0.25) is 4.79 Å². The number of anilines is 2. The van der Waals surface area contributed by atoms with Crippen LogP contribution in [-0.4, -0.2) is 38.6 Å². The zero-order valence-corrected chi connectivity index (χ0v) is 16.5. The third-order valence-corrected chi connectivity index (χ3v) is 5.57. The summed E-state index contributed by atoms with van der Waals surface area (Å²) in [7, 11) is 0. The van der Waals surface area contributed by atoms with E-state index in [2.05, 4.69) is 24.9 Å². The van der Waals surface area contributed by atoms with Gasteiger partial charge in [0.15, 0.2) is 10.8 Å². The van der Waals surface area contributed by atoms with E-state index in [9.17, 15) is 18.0 Å². The van der Waals surface area contributed by atoms with Crippen LogP contribution < -0.4 is 10.2 Å². The fourth-order valence-electron chi connectivity index (χ4n) is 3.28. The lowest BCUT2D eigenvalue weighted by atomic mass is 9.95. The lowest BCUT2D eigenvalue weighted by molar-refractivity contribution is -0.137. The summed E-state index contributed by atoms with van der Waals surface area (Å²) in [5.41, 5.74) is 0.0117. The van der Waals surface area contributed by atoms with E-state index in [0.29, 0.717) is 42.5 Å². The molecule has 4 rings (SSSR count). The van der Waals surface area contributed by atoms with Crippen LogP contribution in [0.15, 0.2) is 42.7 Å². The number of carbonyl (C=O) groups excluding carboxylic acids is 1. The predicted molar refractivity (Wildman–Crippen MR) is 106 cm³/mol. The molecule has 1 N–H and O–H groups in total. The van der Waals surface area contributed by atoms with Gasteiger partial charge in [-0.1, -0.05) is 6.07 Å². The number of alkyl halides is 3. The Labute approximate surface area is 174 Å². The number of hydrogen-bond donors (Lipinski definition) is 1. The van der Waals surface area contributed by atoms with Crippen LogP contribution in [0.25, 0.3) is 10.7 Å². The van der Waals surface area contributed by atoms with Gasteiger partial charge in [-0.05, 0) is 54.7 Å². The number of halogens is 3. The molecule has 30 heavy (non-hydrogen) atoms. The van der Waals surface area contributed by atoms with E-state index < -0.39 is 11.7 Å². The van der Waals surface area contributed by atoms with Gasteiger partial charge in [0.1, 0.15) is 12.0 Å². The number of rotatable bonds is 4. The molecule has 0 aliphatic carbocycles. The minimum Gasteiger partial charge on any atom is -0.355 e. The average molecular weight is 434 g/mol. The Bertz CT molecular complexity index is 1000. The number of piperidine rings is 1. The first-order valence-corrected chi connectivity index (χ1v) is 10.0. The first-order chi connectivity index (χ1) is 14.4. The minimum atomic E-state index is -4.45. The molecule has 0 bridgehead atoms. The van der Waals surface area contributed by atoms with Crippen LogP contribution in [0.3, 0.4) is 0 Å². The maximum Gasteiger partial charge on any atom is 0.416 e. The molecule has 1 aliphatic heterocycles. The standard InChI is InChI=1S/C19H17F3N6OS/c20-19(21,22)13-2-1-3-14(10-13)25-17(29)12-6-8-28(9-7-12)16-5-4-15(26-27-16)18-23-11-24-30-18/h1-5,10-12H,6-9H2,(H,25,29). The second-order valence-electron chi connectivity index (χ2n) is 6.85. The Balaban J connectivity index is 1.33. The fourth-order valence-corrected chi connectivity index (χ4v) is 3.77. The largest absolute Gasteiger partial charge is 0.416 e. The molecule has 0 unspecified atom stereocenters. The Kier molecular flexibility index (Phi) is 5.62. The fraction of sp³-hybridized carbons (Fsp3) is 0.316. The second-order valence-corrected chi connectivity index (χ2v) is 7.63. The molecule has 0 saturated carbocycles. The van der Waals surface area contributed by atoms with Crippen molar-refractivity contribution in [3.05, 3.63) is 48.3 Å². The van der Waals surface area contributed by atoms with Gasteiger partial charge in [0.05, 0.1) is 5.56 Å². The maximum atomic E-state index is 12.8. The third-order valence-electron chi connectivity index (χ3n) is 4.88. The molecule has 2 aromatic heterocycles. The lowest BCUT2D eigenvalue weighted by Crippen LogP contribution is -2.38. The summed E-state index contributed by atoms with van der Waals surface area (Å²) in [4.78, 5) is 18.6. The highest BCUT2D eigenvalue weighted by molar-refractivity contribution is 7.09. The van der Waals surface area contributed by atoms with Crippen LogP contribution in [0.2, 0.25) is 0 Å². The number of nitrogens with one attached hydrogen (secondary N) is 1. The van der Waals surface area contributed by atoms with Crippen molar-refractivity contribution in [1.82, 2.24) is 19.6 Å². The van der Waals surface area contributed by atoms with E-state index in [4.69, 9.17) is 0 Å². The quantitative estimate of drug-likeness (QED) is 0.671. The topological polar surface area (TPSA) is 83.9 Å². The summed E-state index contributed by atoms with van der Waals surface area (Å²) < 4.78 is 42.4. The molecule has 1 amide bonds. The highest BCUT2D eigenvalue weighted by Crippen LogP contribution is 2.31. The van der Waals surface area contributed by atoms with Crippen LogP contribution in [0.1, 0.15) is 18.4 Å². The van der Waals surface area contributed by atoms with E-state index in [1.807, 2.05) is 17.0 Å². The Morgan fingerprint density at radius 2 is 1.93 bits per heavy atom. The first-order valence-electron chi connectivity index (χ1n) is 9.24. The van der Waals surface area contributed by atoms with Gasteiger partial charge in [0, 0.05) is 24.7 Å². The zero-order valence-electron chi connectivity index (χ0n) is 15.6. The van der Waals surface area contributed by atoms with Crippen molar-refractivity contribution < 1.29 is 18.0 Å². The Morgan fingerprint density at radius 3 is 2.57 bits per heavy atom. The number of hydrogen-bond acceptors (Lipinski definition) is 7. The molecule has 11 heteroatoms. The van der Waals surface area contributed by atoms with Gasteiger partial charge in [0.2, 0.25) is 5.91 Å². The van der Waals surface area contributed by atoms with Gasteiger partial charge in [0.25, 0.3) is 0 Å². The molecular weight excluding hydrogens is 417 g/mol. The van der Waals surface area contributed by atoms with Gasteiger partial charge in [-0.25, -0.2) is 4.98 Å². The summed E-state index contributed by atoms with van der Waals surface area (Å²) in [5.74, 6) is 0.163. The summed E-state index contributed by atoms with van der Waals surface area (Å²) >= 11 is 1.24. The molecule has 1 fully saturated rings. The third kappa shape index (κ3) is 4.56. The molecule has 7 nitrogen and oxygen atoms in total. The summed E-state index contributed by atoms with van der Waals surface area (Å²) in [6.07, 6.45) is -1.83. The van der Waals surface area contributed by atoms with Crippen LogP contribution >= 0.6 is 11.5 Å². The minimum absolute atomic E-state index is 0.149. The molecule has 156 valence electrons. The number of nitrogens with zero attached hydrogens (tertiary/aromatic N) is 5. The molecule has 0 radical (unpaired) electrons. The summed E-state index contributed by atoms with van der Waals surface area (Å²) in [6.45, 7) is 1.21. The van der Waals surface area contributed by atoms with E-state index >= 15 is 0 Å². The van der Waals surface area contributed by atoms with Crippen LogP contribution in [0.5, 0.6) is 0 Å². The second kappa shape index (κ2) is 8.34. The molecule has 3 aromatic rings. The average Bonchev–Trinajstić information content (AvgIpc) is 3.28. The van der Waals surface area contributed by atoms with E-state index in [0.717, 1.165) is 12.1 Å². The molecule has 1 aromatic carbocycles. The van der Waals surface area contributed by atoms with Crippen molar-refractivity contribution in [3.63, 3.8) is 0 Å². The monoisotopic (exact) mass is 434 g/mol. The molecule has 0 atom stereocenters. The number of amides is 1. The van der Waals surface area contributed by atoms with Crippen LogP contribution in [0.4, 0.5) is 24.7 Å². The molecular formula is C19H17F3N6OS. The maximum absolute atomic E-state index is 12.8. The van der Waals surface area contributed by atoms with Gasteiger partial charge in [-0.2, -0.15) is 17.5 Å². The van der Waals surface area contributed by atoms with E-state index in [-0.39, 0.29) is 17.5 Å². The van der Waals surface area contributed by atoms with Gasteiger partial charge in [-0.15, -0.1) is 10.2 Å². The highest BCUT2D eigenvalue weighted by atomic mass is 32.1. The van der Waals surface area contributed by atoms with Gasteiger partial charge < -0.3 is 10.2 Å². The van der Waals surface area contributed by atoms with E-state index in [1.165, 1.54) is 30.0 Å². The van der Waals surface area contributed by atoms with Crippen molar-refractivity contribution in [3.8, 4) is 10.7 Å². The first kappa shape index (κ1) is 20.2. The highest BCUT2D eigenvalue weighted by Gasteiger charge is 2.31. The summed E-state index contributed by atoms with van der Waals surface area (Å²) in [5, 5.41) is 11.7. The van der Waals surface area contributed by atoms with Crippen LogP contribution in [-0.2, 0) is 11.0 Å². The van der Waals surface area contributed by atoms with E-state index in [1.54, 1.807) is 0 Å². The SMILES string of the molecule is O=C(Nc1cccc(C(F)(F)F)c1)C1CCN(c2ccc(-c3ncns3)nn2)CC1. The number of benzene rings is 1. The molecule has 0 spiro atoms. The van der Waals surface area contributed by atoms with Crippen LogP contribution in [0, 0.1) is 5.92 Å². The summed E-state index contributed by atoms with van der Waals surface area (Å²) in [6, 6.07) is 8.35. The van der Waals surface area contributed by atoms with Crippen molar-refractivity contribution in [2.45, 2.75) is 19.0 Å². The van der Waals surface area contributed by atoms with Crippen molar-refractivity contribution >= 4 is 28.9 Å². The number of carbonyl (C=O) groups is 1. The smallest absolute Gasteiger partial charge is 0.355 e. The molecule has 1 aliphatic rings. The normalized spacial score (nSPS) is 15.2. The molecule has 1 saturated heterocycles. The predicted octanol–water partition coefficient (Wildman–Crippen LogP) is 3.87. The molecule has 3 heterocycles. The van der Waals surface area contributed by atoms with Crippen molar-refractivity contribution in [2.24, 2.45) is 5.92 Å². The lowest BCUT2D eigenvalue weighted by Gasteiger charge is -2.31. The zero-order chi connectivity index (χ0) is 21.1. The van der Waals surface area contributed by atoms with Crippen molar-refractivity contribution in [1.29, 1.82) is 0 Å².